The Balaban J connectivity index is 1.53. The van der Waals surface area contributed by atoms with Gasteiger partial charge < -0.3 is 14.0 Å². The molecule has 6 nitrogen and oxygen atoms in total. The van der Waals surface area contributed by atoms with E-state index >= 15 is 0 Å². The van der Waals surface area contributed by atoms with Crippen molar-refractivity contribution < 1.29 is 4.79 Å². The lowest BCUT2D eigenvalue weighted by atomic mass is 9.94. The van der Waals surface area contributed by atoms with Crippen LogP contribution in [0.1, 0.15) is 56.3 Å². The highest BCUT2D eigenvalue weighted by Gasteiger charge is 2.30. The van der Waals surface area contributed by atoms with Crippen LogP contribution in [-0.4, -0.2) is 57.1 Å². The second kappa shape index (κ2) is 8.98. The second-order valence-corrected chi connectivity index (χ2v) is 10.3. The van der Waals surface area contributed by atoms with Gasteiger partial charge in [0.15, 0.2) is 0 Å². The van der Waals surface area contributed by atoms with Gasteiger partial charge in [-0.2, -0.15) is 0 Å². The predicted octanol–water partition coefficient (Wildman–Crippen LogP) is 4.24. The first-order valence-electron chi connectivity index (χ1n) is 12.6. The summed E-state index contributed by atoms with van der Waals surface area (Å²) in [5, 5.41) is 1.78. The van der Waals surface area contributed by atoms with Crippen LogP contribution in [0.3, 0.4) is 0 Å². The number of hydrogen-bond acceptors (Lipinski definition) is 3. The molecule has 6 heteroatoms. The van der Waals surface area contributed by atoms with Crippen LogP contribution in [0.4, 0.5) is 0 Å². The van der Waals surface area contributed by atoms with Crippen LogP contribution in [0.15, 0.2) is 35.3 Å². The largest absolute Gasteiger partial charge is 0.339 e. The molecule has 2 fully saturated rings. The molecule has 1 amide bonds. The number of carbonyl (C=O) groups excluding carboxylic acids is 1. The molecule has 0 N–H and O–H groups in total. The molecule has 0 radical (unpaired) electrons. The molecule has 0 atom stereocenters. The molecule has 1 aromatic carbocycles. The number of hydrogen-bond donors (Lipinski definition) is 0. The summed E-state index contributed by atoms with van der Waals surface area (Å²) in [6.45, 7) is 8.21. The first-order valence-corrected chi connectivity index (χ1v) is 12.6. The van der Waals surface area contributed by atoms with E-state index in [1.165, 1.54) is 32.1 Å². The maximum Gasteiger partial charge on any atom is 0.275 e. The zero-order valence-corrected chi connectivity index (χ0v) is 20.2. The van der Waals surface area contributed by atoms with E-state index in [4.69, 9.17) is 0 Å². The molecule has 176 valence electrons. The average Bonchev–Trinajstić information content (AvgIpc) is 3.14. The number of fused-ring (bicyclic) bond motifs is 3. The van der Waals surface area contributed by atoms with Crippen LogP contribution >= 0.6 is 0 Å². The number of aromatic nitrogens is 2. The Labute approximate surface area is 195 Å². The Bertz CT molecular complexity index is 1220. The van der Waals surface area contributed by atoms with E-state index in [0.717, 1.165) is 42.5 Å². The zero-order chi connectivity index (χ0) is 23.1. The highest BCUT2D eigenvalue weighted by Crippen LogP contribution is 2.30. The number of aryl methyl sites for hydroxylation is 1. The molecule has 3 aromatic rings. The van der Waals surface area contributed by atoms with Crippen LogP contribution in [-0.2, 0) is 13.6 Å². The normalized spacial score (nSPS) is 18.6. The summed E-state index contributed by atoms with van der Waals surface area (Å²) in [5.74, 6) is 0.369. The van der Waals surface area contributed by atoms with Crippen molar-refractivity contribution >= 4 is 27.7 Å². The minimum Gasteiger partial charge on any atom is -0.339 e. The Morgan fingerprint density at radius 3 is 2.42 bits per heavy atom. The lowest BCUT2D eigenvalue weighted by molar-refractivity contribution is 0.0524. The van der Waals surface area contributed by atoms with E-state index in [2.05, 4.69) is 18.7 Å². The summed E-state index contributed by atoms with van der Waals surface area (Å²) in [5.41, 5.74) is 2.26. The fourth-order valence-electron chi connectivity index (χ4n) is 5.93. The van der Waals surface area contributed by atoms with E-state index in [0.29, 0.717) is 29.6 Å². The van der Waals surface area contributed by atoms with Gasteiger partial charge in [0.2, 0.25) is 0 Å². The van der Waals surface area contributed by atoms with Crippen molar-refractivity contribution in [1.29, 1.82) is 0 Å². The number of piperazine rings is 1. The molecule has 2 aromatic heterocycles. The van der Waals surface area contributed by atoms with Crippen LogP contribution in [0.25, 0.3) is 21.8 Å². The Hall–Kier alpha value is -2.60. The minimum atomic E-state index is -0.0175. The van der Waals surface area contributed by atoms with Gasteiger partial charge in [-0.25, -0.2) is 0 Å². The summed E-state index contributed by atoms with van der Waals surface area (Å²) in [6.07, 6.45) is 8.45. The van der Waals surface area contributed by atoms with Gasteiger partial charge >= 0.3 is 0 Å². The van der Waals surface area contributed by atoms with Gasteiger partial charge in [-0.3, -0.25) is 14.5 Å². The van der Waals surface area contributed by atoms with Crippen LogP contribution in [0, 0.1) is 5.92 Å². The van der Waals surface area contributed by atoms with Gasteiger partial charge in [0.05, 0.1) is 5.56 Å². The molecule has 3 heterocycles. The van der Waals surface area contributed by atoms with Gasteiger partial charge in [-0.1, -0.05) is 51.3 Å². The molecule has 1 aliphatic carbocycles. The van der Waals surface area contributed by atoms with Crippen molar-refractivity contribution in [2.24, 2.45) is 13.0 Å². The molecule has 0 unspecified atom stereocenters. The van der Waals surface area contributed by atoms with E-state index in [1.54, 1.807) is 4.57 Å². The van der Waals surface area contributed by atoms with Gasteiger partial charge in [-0.15, -0.1) is 0 Å². The van der Waals surface area contributed by atoms with Crippen molar-refractivity contribution in [3.05, 3.63) is 46.4 Å². The molecule has 1 saturated carbocycles. The summed E-state index contributed by atoms with van der Waals surface area (Å²) >= 11 is 0. The number of benzene rings is 1. The molecular weight excluding hydrogens is 412 g/mol. The predicted molar refractivity (Wildman–Crippen MR) is 134 cm³/mol. The number of carbonyl (C=O) groups is 1. The van der Waals surface area contributed by atoms with E-state index in [-0.39, 0.29) is 11.5 Å². The van der Waals surface area contributed by atoms with E-state index < -0.39 is 0 Å². The number of para-hydroxylation sites is 1. The van der Waals surface area contributed by atoms with Crippen molar-refractivity contribution in [3.8, 4) is 0 Å². The van der Waals surface area contributed by atoms with Crippen molar-refractivity contribution in [1.82, 2.24) is 18.9 Å². The number of amides is 1. The Morgan fingerprint density at radius 2 is 1.73 bits per heavy atom. The average molecular weight is 449 g/mol. The lowest BCUT2D eigenvalue weighted by Gasteiger charge is -2.40. The van der Waals surface area contributed by atoms with E-state index in [1.807, 2.05) is 47.0 Å². The number of nitrogens with zero attached hydrogens (tertiary/aromatic N) is 4. The van der Waals surface area contributed by atoms with Crippen LogP contribution in [0.5, 0.6) is 0 Å². The van der Waals surface area contributed by atoms with Crippen molar-refractivity contribution in [2.45, 2.75) is 58.5 Å². The number of rotatable bonds is 4. The highest BCUT2D eigenvalue weighted by atomic mass is 16.2. The first kappa shape index (κ1) is 22.2. The molecule has 5 rings (SSSR count). The first-order chi connectivity index (χ1) is 16.0. The SMILES string of the molecule is CC(C)Cn1cc(C(=O)N2CCN(C3CCCCC3)CC2)c2c3ccccc3n(C)c2c1=O. The van der Waals surface area contributed by atoms with Crippen LogP contribution < -0.4 is 5.56 Å². The summed E-state index contributed by atoms with van der Waals surface area (Å²) in [6, 6.07) is 8.72. The molecular formula is C27H36N4O2. The Kier molecular flexibility index (Phi) is 6.04. The second-order valence-electron chi connectivity index (χ2n) is 10.3. The molecule has 33 heavy (non-hydrogen) atoms. The van der Waals surface area contributed by atoms with Gasteiger partial charge in [-0.05, 0) is 24.8 Å². The third kappa shape index (κ3) is 3.99. The molecule has 0 spiro atoms. The number of pyridine rings is 1. The quantitative estimate of drug-likeness (QED) is 0.600. The monoisotopic (exact) mass is 448 g/mol. The third-order valence-corrected chi connectivity index (χ3v) is 7.61. The molecule has 1 saturated heterocycles. The lowest BCUT2D eigenvalue weighted by Crippen LogP contribution is -2.52. The smallest absolute Gasteiger partial charge is 0.275 e. The van der Waals surface area contributed by atoms with Crippen LogP contribution in [0.2, 0.25) is 0 Å². The topological polar surface area (TPSA) is 50.5 Å². The molecule has 1 aliphatic heterocycles. The van der Waals surface area contributed by atoms with Gasteiger partial charge in [0.25, 0.3) is 11.5 Å². The van der Waals surface area contributed by atoms with Gasteiger partial charge in [0, 0.05) is 68.3 Å². The fraction of sp³-hybridized carbons (Fsp3) is 0.556. The van der Waals surface area contributed by atoms with Crippen molar-refractivity contribution in [3.63, 3.8) is 0 Å². The van der Waals surface area contributed by atoms with E-state index in [9.17, 15) is 9.59 Å². The summed E-state index contributed by atoms with van der Waals surface area (Å²) in [4.78, 5) is 31.9. The van der Waals surface area contributed by atoms with Gasteiger partial charge in [0.1, 0.15) is 5.52 Å². The minimum absolute atomic E-state index is 0.0175. The Morgan fingerprint density at radius 1 is 1.03 bits per heavy atom. The fourth-order valence-corrected chi connectivity index (χ4v) is 5.93. The zero-order valence-electron chi connectivity index (χ0n) is 20.2. The standard InChI is InChI=1S/C27H36N4O2/c1-19(2)17-31-18-22(24-21-11-7-8-12-23(21)28(3)25(24)27(31)33)26(32)30-15-13-29(14-16-30)20-9-5-4-6-10-20/h7-8,11-12,18-20H,4-6,9-10,13-17H2,1-3H3. The highest BCUT2D eigenvalue weighted by molar-refractivity contribution is 6.17. The summed E-state index contributed by atoms with van der Waals surface area (Å²) in [7, 11) is 1.93. The molecule has 0 bridgehead atoms. The third-order valence-electron chi connectivity index (χ3n) is 7.61. The summed E-state index contributed by atoms with van der Waals surface area (Å²) < 4.78 is 3.71. The van der Waals surface area contributed by atoms with Crippen molar-refractivity contribution in [2.75, 3.05) is 26.2 Å². The molecule has 2 aliphatic rings. The maximum atomic E-state index is 13.9. The maximum absolute atomic E-state index is 13.9.